The first-order chi connectivity index (χ1) is 9.21. The van der Waals surface area contributed by atoms with E-state index in [4.69, 9.17) is 5.11 Å². The summed E-state index contributed by atoms with van der Waals surface area (Å²) in [7, 11) is 0. The number of hydrogen-bond donors (Lipinski definition) is 2. The lowest BCUT2D eigenvalue weighted by Crippen LogP contribution is -2.46. The Hall–Kier alpha value is -1.59. The van der Waals surface area contributed by atoms with Gasteiger partial charge in [-0.05, 0) is 19.3 Å². The maximum absolute atomic E-state index is 12.2. The number of carbonyl (C=O) groups excluding carboxylic acids is 2. The van der Waals surface area contributed by atoms with Gasteiger partial charge in [0.25, 0.3) is 0 Å². The van der Waals surface area contributed by atoms with Crippen LogP contribution in [0.15, 0.2) is 0 Å². The van der Waals surface area contributed by atoms with Crippen molar-refractivity contribution < 1.29 is 19.5 Å². The Labute approximate surface area is 118 Å². The van der Waals surface area contributed by atoms with Gasteiger partial charge in [0.1, 0.15) is 0 Å². The SMILES string of the molecule is CC(C)(C)C(=O)NCC(=O)N1C2CCC1C(C(=O)O)C2. The summed E-state index contributed by atoms with van der Waals surface area (Å²) in [6.45, 7) is 5.31. The van der Waals surface area contributed by atoms with Gasteiger partial charge in [-0.3, -0.25) is 14.4 Å². The molecule has 0 aromatic carbocycles. The van der Waals surface area contributed by atoms with Crippen molar-refractivity contribution in [3.8, 4) is 0 Å². The van der Waals surface area contributed by atoms with E-state index in [-0.39, 0.29) is 30.4 Å². The Kier molecular flexibility index (Phi) is 3.75. The van der Waals surface area contributed by atoms with Crippen LogP contribution in [0.4, 0.5) is 0 Å². The van der Waals surface area contributed by atoms with Gasteiger partial charge >= 0.3 is 5.97 Å². The predicted molar refractivity (Wildman–Crippen MR) is 71.9 cm³/mol. The van der Waals surface area contributed by atoms with E-state index < -0.39 is 17.3 Å². The minimum atomic E-state index is -0.825. The van der Waals surface area contributed by atoms with Crippen LogP contribution in [0, 0.1) is 11.3 Å². The molecule has 0 aromatic rings. The van der Waals surface area contributed by atoms with Crippen LogP contribution in [0.3, 0.4) is 0 Å². The van der Waals surface area contributed by atoms with Crippen LogP contribution >= 0.6 is 0 Å². The van der Waals surface area contributed by atoms with E-state index in [9.17, 15) is 14.4 Å². The Morgan fingerprint density at radius 3 is 2.40 bits per heavy atom. The molecule has 0 radical (unpaired) electrons. The number of fused-ring (bicyclic) bond motifs is 2. The molecule has 2 heterocycles. The molecule has 0 aliphatic carbocycles. The smallest absolute Gasteiger partial charge is 0.308 e. The Balaban J connectivity index is 1.94. The van der Waals surface area contributed by atoms with E-state index >= 15 is 0 Å². The number of carboxylic acids is 1. The van der Waals surface area contributed by atoms with Crippen molar-refractivity contribution in [2.45, 2.75) is 52.1 Å². The van der Waals surface area contributed by atoms with Crippen LogP contribution in [0.2, 0.25) is 0 Å². The second kappa shape index (κ2) is 5.07. The van der Waals surface area contributed by atoms with Crippen molar-refractivity contribution >= 4 is 17.8 Å². The zero-order valence-electron chi connectivity index (χ0n) is 12.2. The van der Waals surface area contributed by atoms with Crippen molar-refractivity contribution in [3.05, 3.63) is 0 Å². The summed E-state index contributed by atoms with van der Waals surface area (Å²) in [6, 6.07) is -0.170. The molecule has 2 saturated heterocycles. The average molecular weight is 282 g/mol. The summed E-state index contributed by atoms with van der Waals surface area (Å²) in [5.41, 5.74) is -0.534. The maximum atomic E-state index is 12.2. The zero-order valence-corrected chi connectivity index (χ0v) is 12.2. The molecule has 112 valence electrons. The molecule has 2 aliphatic rings. The van der Waals surface area contributed by atoms with E-state index in [2.05, 4.69) is 5.32 Å². The summed E-state index contributed by atoms with van der Waals surface area (Å²) < 4.78 is 0. The molecule has 0 saturated carbocycles. The van der Waals surface area contributed by atoms with Gasteiger partial charge in [0.2, 0.25) is 11.8 Å². The normalized spacial score (nSPS) is 28.6. The molecule has 2 bridgehead atoms. The van der Waals surface area contributed by atoms with Crippen molar-refractivity contribution in [3.63, 3.8) is 0 Å². The number of rotatable bonds is 3. The van der Waals surface area contributed by atoms with Crippen LogP contribution in [0.5, 0.6) is 0 Å². The van der Waals surface area contributed by atoms with Gasteiger partial charge in [-0.25, -0.2) is 0 Å². The van der Waals surface area contributed by atoms with Gasteiger partial charge < -0.3 is 15.3 Å². The second-order valence-electron chi connectivity index (χ2n) is 6.71. The Bertz CT molecular complexity index is 441. The number of nitrogens with zero attached hydrogens (tertiary/aromatic N) is 1. The first-order valence-corrected chi connectivity index (χ1v) is 7.04. The van der Waals surface area contributed by atoms with Gasteiger partial charge in [0.15, 0.2) is 0 Å². The second-order valence-corrected chi connectivity index (χ2v) is 6.71. The predicted octanol–water partition coefficient (Wildman–Crippen LogP) is 0.613. The minimum absolute atomic E-state index is 0.0279. The highest BCUT2D eigenvalue weighted by Crippen LogP contribution is 2.41. The lowest BCUT2D eigenvalue weighted by Gasteiger charge is -2.24. The van der Waals surface area contributed by atoms with Crippen molar-refractivity contribution in [1.29, 1.82) is 0 Å². The van der Waals surface area contributed by atoms with Crippen LogP contribution < -0.4 is 5.32 Å². The van der Waals surface area contributed by atoms with Crippen LogP contribution in [0.25, 0.3) is 0 Å². The van der Waals surface area contributed by atoms with Crippen molar-refractivity contribution in [1.82, 2.24) is 10.2 Å². The summed E-state index contributed by atoms with van der Waals surface area (Å²) in [5.74, 6) is -1.62. The summed E-state index contributed by atoms with van der Waals surface area (Å²) >= 11 is 0. The fourth-order valence-electron chi connectivity index (χ4n) is 3.16. The summed E-state index contributed by atoms with van der Waals surface area (Å²) in [5, 5.41) is 11.8. The minimum Gasteiger partial charge on any atom is -0.481 e. The number of hydrogen-bond acceptors (Lipinski definition) is 3. The van der Waals surface area contributed by atoms with Gasteiger partial charge in [0, 0.05) is 17.5 Å². The third kappa shape index (κ3) is 2.64. The molecule has 20 heavy (non-hydrogen) atoms. The number of carbonyl (C=O) groups is 3. The number of aliphatic carboxylic acids is 1. The number of carboxylic acid groups (broad SMARTS) is 1. The van der Waals surface area contributed by atoms with E-state index in [0.29, 0.717) is 6.42 Å². The van der Waals surface area contributed by atoms with Gasteiger partial charge in [0.05, 0.1) is 12.5 Å². The molecule has 2 rings (SSSR count). The lowest BCUT2D eigenvalue weighted by atomic mass is 9.89. The molecule has 0 aromatic heterocycles. The molecule has 6 heteroatoms. The van der Waals surface area contributed by atoms with Gasteiger partial charge in [-0.2, -0.15) is 0 Å². The third-order valence-corrected chi connectivity index (χ3v) is 4.22. The van der Waals surface area contributed by atoms with Gasteiger partial charge in [-0.1, -0.05) is 20.8 Å². The molecule has 2 aliphatic heterocycles. The third-order valence-electron chi connectivity index (χ3n) is 4.22. The molecule has 2 fully saturated rings. The molecule has 0 spiro atoms. The highest BCUT2D eigenvalue weighted by Gasteiger charge is 2.51. The largest absolute Gasteiger partial charge is 0.481 e. The first kappa shape index (κ1) is 14.8. The molecule has 3 unspecified atom stereocenters. The molecule has 2 amide bonds. The van der Waals surface area contributed by atoms with E-state index in [1.54, 1.807) is 25.7 Å². The lowest BCUT2D eigenvalue weighted by molar-refractivity contribution is -0.143. The summed E-state index contributed by atoms with van der Waals surface area (Å²) in [6.07, 6.45) is 2.16. The van der Waals surface area contributed by atoms with Gasteiger partial charge in [-0.15, -0.1) is 0 Å². The van der Waals surface area contributed by atoms with E-state index in [1.165, 1.54) is 0 Å². The van der Waals surface area contributed by atoms with Crippen molar-refractivity contribution in [2.75, 3.05) is 6.54 Å². The molecule has 3 atom stereocenters. The van der Waals surface area contributed by atoms with Crippen molar-refractivity contribution in [2.24, 2.45) is 11.3 Å². The number of nitrogens with one attached hydrogen (secondary N) is 1. The topological polar surface area (TPSA) is 86.7 Å². The fourth-order valence-corrected chi connectivity index (χ4v) is 3.16. The average Bonchev–Trinajstić information content (AvgIpc) is 2.91. The highest BCUT2D eigenvalue weighted by molar-refractivity contribution is 5.88. The Morgan fingerprint density at radius 2 is 1.90 bits per heavy atom. The maximum Gasteiger partial charge on any atom is 0.308 e. The summed E-state index contributed by atoms with van der Waals surface area (Å²) in [4.78, 5) is 36.8. The Morgan fingerprint density at radius 1 is 1.25 bits per heavy atom. The standard InChI is InChI=1S/C14H22N2O4/c1-14(2,3)13(20)15-7-11(17)16-8-4-5-10(16)9(6-8)12(18)19/h8-10H,4-7H2,1-3H3,(H,15,20)(H,18,19). The highest BCUT2D eigenvalue weighted by atomic mass is 16.4. The van der Waals surface area contributed by atoms with Crippen LogP contribution in [-0.2, 0) is 14.4 Å². The molecular weight excluding hydrogens is 260 g/mol. The quantitative estimate of drug-likeness (QED) is 0.794. The molecular formula is C14H22N2O4. The zero-order chi connectivity index (χ0) is 15.1. The first-order valence-electron chi connectivity index (χ1n) is 7.04. The molecule has 2 N–H and O–H groups in total. The fraction of sp³-hybridized carbons (Fsp3) is 0.786. The van der Waals surface area contributed by atoms with Crippen LogP contribution in [0.1, 0.15) is 40.0 Å². The van der Waals surface area contributed by atoms with E-state index in [0.717, 1.165) is 12.8 Å². The van der Waals surface area contributed by atoms with E-state index in [1.807, 2.05) is 0 Å². The molecule has 6 nitrogen and oxygen atoms in total. The monoisotopic (exact) mass is 282 g/mol. The van der Waals surface area contributed by atoms with Crippen LogP contribution in [-0.4, -0.2) is 46.4 Å². The number of amides is 2.